The van der Waals surface area contributed by atoms with Crippen LogP contribution in [0.4, 0.5) is 0 Å². The number of carbonyl (C=O) groups is 1. The van der Waals surface area contributed by atoms with Gasteiger partial charge in [-0.2, -0.15) is 11.3 Å². The van der Waals surface area contributed by atoms with Crippen molar-refractivity contribution < 1.29 is 9.53 Å². The van der Waals surface area contributed by atoms with Crippen LogP contribution < -0.4 is 0 Å². The van der Waals surface area contributed by atoms with Crippen molar-refractivity contribution in [3.05, 3.63) is 22.4 Å². The van der Waals surface area contributed by atoms with E-state index in [4.69, 9.17) is 4.74 Å². The summed E-state index contributed by atoms with van der Waals surface area (Å²) >= 11 is 1.77. The van der Waals surface area contributed by atoms with Crippen LogP contribution in [0, 0.1) is 0 Å². The van der Waals surface area contributed by atoms with Gasteiger partial charge in [-0.25, -0.2) is 0 Å². The summed E-state index contributed by atoms with van der Waals surface area (Å²) in [5.41, 5.74) is 1.46. The van der Waals surface area contributed by atoms with Crippen LogP contribution in [0.25, 0.3) is 0 Å². The van der Waals surface area contributed by atoms with E-state index in [9.17, 15) is 4.79 Å². The molecule has 1 amide bonds. The maximum Gasteiger partial charge on any atom is 0.222 e. The monoisotopic (exact) mass is 293 g/mol. The van der Waals surface area contributed by atoms with Crippen molar-refractivity contribution in [2.24, 2.45) is 0 Å². The van der Waals surface area contributed by atoms with Crippen molar-refractivity contribution in [1.29, 1.82) is 0 Å². The van der Waals surface area contributed by atoms with E-state index in [0.29, 0.717) is 24.3 Å². The predicted molar refractivity (Wildman–Crippen MR) is 81.1 cm³/mol. The second kappa shape index (κ2) is 6.72. The van der Waals surface area contributed by atoms with Crippen LogP contribution in [0.5, 0.6) is 0 Å². The number of nitrogens with zero attached hydrogens (tertiary/aromatic N) is 1. The molecule has 2 aliphatic rings. The van der Waals surface area contributed by atoms with Gasteiger partial charge in [0.1, 0.15) is 0 Å². The minimum Gasteiger partial charge on any atom is -0.378 e. The fourth-order valence-corrected chi connectivity index (χ4v) is 4.03. The molecular formula is C16H23NO2S. The van der Waals surface area contributed by atoms with E-state index in [1.165, 1.54) is 5.56 Å². The summed E-state index contributed by atoms with van der Waals surface area (Å²) in [6.07, 6.45) is 6.42. The SMILES string of the molecule is O=C(CC[C@H]1CCCO1)N1CCC(c2ccsc2)CC1. The van der Waals surface area contributed by atoms with Gasteiger partial charge in [-0.05, 0) is 60.4 Å². The highest BCUT2D eigenvalue weighted by atomic mass is 32.1. The molecule has 0 unspecified atom stereocenters. The van der Waals surface area contributed by atoms with Crippen LogP contribution in [-0.4, -0.2) is 36.6 Å². The molecule has 0 aromatic carbocycles. The Morgan fingerprint density at radius 1 is 1.35 bits per heavy atom. The molecule has 3 rings (SSSR count). The van der Waals surface area contributed by atoms with Crippen LogP contribution in [0.1, 0.15) is 50.0 Å². The maximum absolute atomic E-state index is 12.2. The van der Waals surface area contributed by atoms with Gasteiger partial charge >= 0.3 is 0 Å². The molecule has 3 nitrogen and oxygen atoms in total. The minimum absolute atomic E-state index is 0.323. The molecule has 0 spiro atoms. The highest BCUT2D eigenvalue weighted by molar-refractivity contribution is 7.07. The van der Waals surface area contributed by atoms with Crippen LogP contribution in [-0.2, 0) is 9.53 Å². The van der Waals surface area contributed by atoms with Crippen molar-refractivity contribution in [3.63, 3.8) is 0 Å². The van der Waals surface area contributed by atoms with Crippen molar-refractivity contribution in [2.45, 2.75) is 50.5 Å². The number of hydrogen-bond acceptors (Lipinski definition) is 3. The average molecular weight is 293 g/mol. The van der Waals surface area contributed by atoms with E-state index in [2.05, 4.69) is 21.7 Å². The Bertz CT molecular complexity index is 418. The van der Waals surface area contributed by atoms with Gasteiger partial charge in [0.05, 0.1) is 6.10 Å². The van der Waals surface area contributed by atoms with Gasteiger partial charge in [-0.1, -0.05) is 0 Å². The second-order valence-corrected chi connectivity index (χ2v) is 6.67. The number of amides is 1. The smallest absolute Gasteiger partial charge is 0.222 e. The quantitative estimate of drug-likeness (QED) is 0.851. The third kappa shape index (κ3) is 3.41. The summed E-state index contributed by atoms with van der Waals surface area (Å²) in [5.74, 6) is 0.979. The molecule has 3 heterocycles. The average Bonchev–Trinajstić information content (AvgIpc) is 3.18. The Kier molecular flexibility index (Phi) is 4.73. The first-order chi connectivity index (χ1) is 9.83. The van der Waals surface area contributed by atoms with E-state index in [1.807, 2.05) is 0 Å². The molecule has 110 valence electrons. The zero-order chi connectivity index (χ0) is 13.8. The Balaban J connectivity index is 1.42. The van der Waals surface area contributed by atoms with Gasteiger partial charge in [0.15, 0.2) is 0 Å². The number of likely N-dealkylation sites (tertiary alicyclic amines) is 1. The predicted octanol–water partition coefficient (Wildman–Crippen LogP) is 3.41. The molecule has 1 atom stereocenters. The number of piperidine rings is 1. The van der Waals surface area contributed by atoms with Gasteiger partial charge in [0, 0.05) is 26.1 Å². The van der Waals surface area contributed by atoms with Gasteiger partial charge in [-0.15, -0.1) is 0 Å². The molecule has 1 aromatic heterocycles. The fourth-order valence-electron chi connectivity index (χ4n) is 3.28. The number of carbonyl (C=O) groups excluding carboxylic acids is 1. The minimum atomic E-state index is 0.323. The number of ether oxygens (including phenoxy) is 1. The lowest BCUT2D eigenvalue weighted by Gasteiger charge is -2.32. The van der Waals surface area contributed by atoms with E-state index >= 15 is 0 Å². The van der Waals surface area contributed by atoms with Crippen molar-refractivity contribution in [2.75, 3.05) is 19.7 Å². The fraction of sp³-hybridized carbons (Fsp3) is 0.688. The van der Waals surface area contributed by atoms with E-state index in [1.54, 1.807) is 11.3 Å². The van der Waals surface area contributed by atoms with Gasteiger partial charge < -0.3 is 9.64 Å². The lowest BCUT2D eigenvalue weighted by atomic mass is 9.91. The molecule has 0 bridgehead atoms. The van der Waals surface area contributed by atoms with Crippen LogP contribution >= 0.6 is 11.3 Å². The van der Waals surface area contributed by atoms with E-state index < -0.39 is 0 Å². The highest BCUT2D eigenvalue weighted by Gasteiger charge is 2.25. The maximum atomic E-state index is 12.2. The molecule has 20 heavy (non-hydrogen) atoms. The molecule has 1 aromatic rings. The molecule has 0 N–H and O–H groups in total. The van der Waals surface area contributed by atoms with Crippen molar-refractivity contribution in [1.82, 2.24) is 4.90 Å². The molecule has 0 saturated carbocycles. The lowest BCUT2D eigenvalue weighted by Crippen LogP contribution is -2.38. The van der Waals surface area contributed by atoms with Gasteiger partial charge in [-0.3, -0.25) is 4.79 Å². The Labute approximate surface area is 124 Å². The largest absolute Gasteiger partial charge is 0.378 e. The molecule has 2 aliphatic heterocycles. The summed E-state index contributed by atoms with van der Waals surface area (Å²) in [4.78, 5) is 14.3. The molecular weight excluding hydrogens is 270 g/mol. The number of hydrogen-bond donors (Lipinski definition) is 0. The van der Waals surface area contributed by atoms with Crippen molar-refractivity contribution in [3.8, 4) is 0 Å². The summed E-state index contributed by atoms with van der Waals surface area (Å²) in [7, 11) is 0. The Hall–Kier alpha value is -0.870. The molecule has 2 saturated heterocycles. The highest BCUT2D eigenvalue weighted by Crippen LogP contribution is 2.29. The van der Waals surface area contributed by atoms with Gasteiger partial charge in [0.2, 0.25) is 5.91 Å². The van der Waals surface area contributed by atoms with Crippen LogP contribution in [0.15, 0.2) is 16.8 Å². The summed E-state index contributed by atoms with van der Waals surface area (Å²) in [6, 6.07) is 2.23. The van der Waals surface area contributed by atoms with E-state index in [0.717, 1.165) is 51.8 Å². The first-order valence-electron chi connectivity index (χ1n) is 7.74. The zero-order valence-electron chi connectivity index (χ0n) is 11.9. The van der Waals surface area contributed by atoms with Crippen molar-refractivity contribution >= 4 is 17.2 Å². The van der Waals surface area contributed by atoms with Crippen LogP contribution in [0.2, 0.25) is 0 Å². The first kappa shape index (κ1) is 14.1. The summed E-state index contributed by atoms with van der Waals surface area (Å²) < 4.78 is 5.59. The van der Waals surface area contributed by atoms with E-state index in [-0.39, 0.29) is 0 Å². The number of rotatable bonds is 4. The summed E-state index contributed by atoms with van der Waals surface area (Å²) in [5, 5.41) is 4.40. The topological polar surface area (TPSA) is 29.5 Å². The Morgan fingerprint density at radius 2 is 2.20 bits per heavy atom. The molecule has 2 fully saturated rings. The third-order valence-electron chi connectivity index (χ3n) is 4.57. The van der Waals surface area contributed by atoms with Gasteiger partial charge in [0.25, 0.3) is 0 Å². The normalized spacial score (nSPS) is 24.2. The first-order valence-corrected chi connectivity index (χ1v) is 8.68. The summed E-state index contributed by atoms with van der Waals surface area (Å²) in [6.45, 7) is 2.72. The third-order valence-corrected chi connectivity index (χ3v) is 5.27. The standard InChI is InChI=1S/C16H23NO2S/c18-16(4-3-15-2-1-10-19-15)17-8-5-13(6-9-17)14-7-11-20-12-14/h7,11-13,15H,1-6,8-10H2/t15-/m1/s1. The Morgan fingerprint density at radius 3 is 2.85 bits per heavy atom. The molecule has 0 radical (unpaired) electrons. The lowest BCUT2D eigenvalue weighted by molar-refractivity contribution is -0.132. The molecule has 4 heteroatoms. The van der Waals surface area contributed by atoms with Crippen LogP contribution in [0.3, 0.4) is 0 Å². The zero-order valence-corrected chi connectivity index (χ0v) is 12.7. The molecule has 0 aliphatic carbocycles. The second-order valence-electron chi connectivity index (χ2n) is 5.89. The number of thiophene rings is 1.